The van der Waals surface area contributed by atoms with Crippen LogP contribution in [0.1, 0.15) is 12.5 Å². The fourth-order valence-corrected chi connectivity index (χ4v) is 4.53. The number of hydrogen-bond donors (Lipinski definition) is 6. The molecule has 0 spiro atoms. The van der Waals surface area contributed by atoms with Crippen molar-refractivity contribution in [3.63, 3.8) is 0 Å². The second-order valence-electron chi connectivity index (χ2n) is 8.22. The maximum absolute atomic E-state index is 12.2. The smallest absolute Gasteiger partial charge is 0.351 e. The second-order valence-corrected chi connectivity index (χ2v) is 9.63. The number of ether oxygens (including phenoxy) is 2. The van der Waals surface area contributed by atoms with Crippen LogP contribution >= 0.6 is 7.82 Å². The number of phosphoric ester groups is 1. The summed E-state index contributed by atoms with van der Waals surface area (Å²) in [5.74, 6) is -0.156. The molecule has 0 aromatic carbocycles. The Morgan fingerprint density at radius 2 is 1.22 bits per heavy atom. The van der Waals surface area contributed by atoms with Crippen LogP contribution in [0.5, 0.6) is 0 Å². The number of aliphatic hydroxyl groups excluding tert-OH is 4. The van der Waals surface area contributed by atoms with Gasteiger partial charge in [-0.15, -0.1) is 0 Å². The molecule has 4 heterocycles. The lowest BCUT2D eigenvalue weighted by molar-refractivity contribution is -0.231. The van der Waals surface area contributed by atoms with Crippen molar-refractivity contribution in [3.8, 4) is 0 Å². The molecule has 204 valence electrons. The highest BCUT2D eigenvalue weighted by atomic mass is 31.2. The highest BCUT2D eigenvalue weighted by molar-refractivity contribution is 7.45. The first kappa shape index (κ1) is 27.3. The van der Waals surface area contributed by atoms with Crippen LogP contribution in [0.25, 0.3) is 0 Å². The lowest BCUT2D eigenvalue weighted by atomic mass is 10.1. The van der Waals surface area contributed by atoms with Gasteiger partial charge in [0, 0.05) is 12.4 Å². The second kappa shape index (κ2) is 10.5. The molecule has 0 radical (unpaired) electrons. The summed E-state index contributed by atoms with van der Waals surface area (Å²) in [6.45, 7) is -1.61. The van der Waals surface area contributed by atoms with E-state index < -0.39 is 81.5 Å². The predicted molar refractivity (Wildman–Crippen MR) is 117 cm³/mol. The van der Waals surface area contributed by atoms with E-state index in [-0.39, 0.29) is 11.6 Å². The third-order valence-corrected chi connectivity index (χ3v) is 6.65. The summed E-state index contributed by atoms with van der Waals surface area (Å²) in [4.78, 5) is 43.2. The maximum Gasteiger partial charge on any atom is 0.351 e. The normalized spacial score (nSPS) is 33.4. The van der Waals surface area contributed by atoms with E-state index in [4.69, 9.17) is 30.0 Å². The maximum atomic E-state index is 12.2. The summed E-state index contributed by atoms with van der Waals surface area (Å²) < 4.78 is 34.1. The zero-order chi connectivity index (χ0) is 27.1. The van der Waals surface area contributed by atoms with Crippen molar-refractivity contribution in [1.82, 2.24) is 19.1 Å². The van der Waals surface area contributed by atoms with Crippen molar-refractivity contribution in [2.24, 2.45) is 0 Å². The molecular weight excluding hydrogens is 523 g/mol. The molecule has 2 aliphatic rings. The molecule has 0 bridgehead atoms. The molecule has 0 amide bonds. The van der Waals surface area contributed by atoms with Crippen LogP contribution in [0, 0.1) is 0 Å². The Labute approximate surface area is 206 Å². The van der Waals surface area contributed by atoms with Crippen LogP contribution in [-0.2, 0) is 23.1 Å². The van der Waals surface area contributed by atoms with Crippen molar-refractivity contribution in [2.45, 2.75) is 49.1 Å². The van der Waals surface area contributed by atoms with Crippen LogP contribution in [0.2, 0.25) is 0 Å². The summed E-state index contributed by atoms with van der Waals surface area (Å²) in [5, 5.41) is 40.9. The van der Waals surface area contributed by atoms with Crippen LogP contribution in [0.4, 0.5) is 11.6 Å². The molecule has 2 fully saturated rings. The number of aromatic nitrogens is 4. The number of phosphoric acid groups is 1. The van der Waals surface area contributed by atoms with Gasteiger partial charge in [-0.1, -0.05) is 0 Å². The Kier molecular flexibility index (Phi) is 7.77. The van der Waals surface area contributed by atoms with E-state index in [1.165, 1.54) is 24.5 Å². The number of nitrogen functional groups attached to an aromatic ring is 2. The van der Waals surface area contributed by atoms with Crippen LogP contribution in [0.15, 0.2) is 34.1 Å². The van der Waals surface area contributed by atoms with Gasteiger partial charge in [0.2, 0.25) is 0 Å². The molecule has 2 saturated heterocycles. The fraction of sp³-hybridized carbons (Fsp3) is 0.556. The molecule has 8 N–H and O–H groups in total. The van der Waals surface area contributed by atoms with Crippen molar-refractivity contribution in [3.05, 3.63) is 45.5 Å². The quantitative estimate of drug-likeness (QED) is 0.170. The minimum atomic E-state index is -5.10. The van der Waals surface area contributed by atoms with Gasteiger partial charge in [0.05, 0.1) is 13.2 Å². The summed E-state index contributed by atoms with van der Waals surface area (Å²) in [6, 6.07) is 2.52. The number of nitrogens with two attached hydrogens (primary N) is 2. The first-order valence-electron chi connectivity index (χ1n) is 10.7. The molecule has 0 unspecified atom stereocenters. The first-order chi connectivity index (χ1) is 17.4. The highest BCUT2D eigenvalue weighted by Gasteiger charge is 2.46. The van der Waals surface area contributed by atoms with Gasteiger partial charge in [-0.05, 0) is 12.1 Å². The van der Waals surface area contributed by atoms with Gasteiger partial charge < -0.3 is 55.3 Å². The molecule has 0 saturated carbocycles. The number of hydrogen-bond acceptors (Lipinski definition) is 16. The Morgan fingerprint density at radius 3 is 1.57 bits per heavy atom. The fourth-order valence-electron chi connectivity index (χ4n) is 3.80. The van der Waals surface area contributed by atoms with Crippen LogP contribution in [-0.4, -0.2) is 89.4 Å². The number of anilines is 2. The average molecular weight is 547 g/mol. The molecule has 0 aliphatic carbocycles. The molecule has 2 aromatic rings. The van der Waals surface area contributed by atoms with Gasteiger partial charge in [0.25, 0.3) is 7.82 Å². The predicted octanol–water partition coefficient (Wildman–Crippen LogP) is -4.60. The summed E-state index contributed by atoms with van der Waals surface area (Å²) in [5.41, 5.74) is 9.08. The van der Waals surface area contributed by atoms with E-state index in [1.54, 1.807) is 0 Å². The van der Waals surface area contributed by atoms with E-state index in [0.29, 0.717) is 0 Å². The van der Waals surface area contributed by atoms with E-state index >= 15 is 0 Å². The molecule has 19 heteroatoms. The lowest BCUT2D eigenvalue weighted by Gasteiger charge is -2.26. The third-order valence-electron chi connectivity index (χ3n) is 5.72. The Hall–Kier alpha value is -2.77. The lowest BCUT2D eigenvalue weighted by Crippen LogP contribution is -2.36. The summed E-state index contributed by atoms with van der Waals surface area (Å²) >= 11 is 0. The van der Waals surface area contributed by atoms with Crippen molar-refractivity contribution in [2.75, 3.05) is 24.7 Å². The van der Waals surface area contributed by atoms with Gasteiger partial charge >= 0.3 is 11.4 Å². The van der Waals surface area contributed by atoms with Gasteiger partial charge in [-0.25, -0.2) is 9.59 Å². The topological polar surface area (TPSA) is 280 Å². The molecule has 8 atom stereocenters. The minimum absolute atomic E-state index is 0.0778. The molecule has 2 aliphatic heterocycles. The van der Waals surface area contributed by atoms with Gasteiger partial charge in [-0.3, -0.25) is 13.7 Å². The Bertz CT molecular complexity index is 1200. The largest absolute Gasteiger partial charge is 0.756 e. The first-order valence-corrected chi connectivity index (χ1v) is 12.2. The monoisotopic (exact) mass is 547 g/mol. The molecular formula is C18H24N6O12P-. The van der Waals surface area contributed by atoms with Crippen molar-refractivity contribution >= 4 is 19.5 Å². The number of aliphatic hydroxyl groups is 4. The summed E-state index contributed by atoms with van der Waals surface area (Å²) in [6.07, 6.45) is -9.76. The molecule has 2 aromatic heterocycles. The Morgan fingerprint density at radius 1 is 0.838 bits per heavy atom. The van der Waals surface area contributed by atoms with Gasteiger partial charge in [-0.2, -0.15) is 9.97 Å². The van der Waals surface area contributed by atoms with E-state index in [0.717, 1.165) is 9.13 Å². The summed E-state index contributed by atoms with van der Waals surface area (Å²) in [7, 11) is -5.10. The SMILES string of the molecule is Nc1ccn([C@@H]2O[C@H](COP(=O)([O-])OC[C@H]3O[C@@H](n4ccc(N)nc4=O)[C@H](O)[C@@H]3O)[C@@H](O)[C@H]2O)c(=O)n1. The van der Waals surface area contributed by atoms with E-state index in [1.807, 2.05) is 0 Å². The van der Waals surface area contributed by atoms with E-state index in [2.05, 4.69) is 9.97 Å². The standard InChI is InChI=1S/C18H25N6O12P/c19-9-1-3-23(17(29)21-9)15-13(27)11(25)7(35-15)5-33-37(31,32)34-6-8-12(26)14(28)16(36-8)24-4-2-10(20)22-18(24)30/h1-4,7-8,11-16,25-28H,5-6H2,(H,31,32)(H2,19,21,29)(H2,20,22,30)/p-1/t7-,8-,11-,12-,13-,14-,15-,16-/m1/s1. The number of rotatable bonds is 8. The van der Waals surface area contributed by atoms with E-state index in [9.17, 15) is 39.5 Å². The third kappa shape index (κ3) is 5.73. The highest BCUT2D eigenvalue weighted by Crippen LogP contribution is 2.41. The van der Waals surface area contributed by atoms with Crippen molar-refractivity contribution < 1.29 is 48.4 Å². The van der Waals surface area contributed by atoms with Crippen LogP contribution in [0.3, 0.4) is 0 Å². The average Bonchev–Trinajstić information content (AvgIpc) is 3.27. The van der Waals surface area contributed by atoms with Gasteiger partial charge in [0.15, 0.2) is 12.5 Å². The zero-order valence-corrected chi connectivity index (χ0v) is 19.7. The molecule has 37 heavy (non-hydrogen) atoms. The van der Waals surface area contributed by atoms with Crippen LogP contribution < -0.4 is 27.7 Å². The molecule has 18 nitrogen and oxygen atoms in total. The van der Waals surface area contributed by atoms with Gasteiger partial charge in [0.1, 0.15) is 48.3 Å². The minimum Gasteiger partial charge on any atom is -0.756 e. The van der Waals surface area contributed by atoms with Crippen molar-refractivity contribution in [1.29, 1.82) is 0 Å². The Balaban J connectivity index is 1.33. The molecule has 4 rings (SSSR count). The number of nitrogens with zero attached hydrogens (tertiary/aromatic N) is 4. The zero-order valence-electron chi connectivity index (χ0n) is 18.8.